The first kappa shape index (κ1) is 10.4. The van der Waals surface area contributed by atoms with E-state index in [-0.39, 0.29) is 0 Å². The lowest BCUT2D eigenvalue weighted by molar-refractivity contribution is 0.116. The van der Waals surface area contributed by atoms with Crippen LogP contribution in [-0.2, 0) is 0 Å². The predicted molar refractivity (Wildman–Crippen MR) is 57.1 cm³/mol. The van der Waals surface area contributed by atoms with Crippen LogP contribution in [-0.4, -0.2) is 31.2 Å². The smallest absolute Gasteiger partial charge is 0.100 e. The summed E-state index contributed by atoms with van der Waals surface area (Å²) in [6, 6.07) is 0. The second kappa shape index (κ2) is 4.61. The van der Waals surface area contributed by atoms with E-state index in [0.717, 1.165) is 37.5 Å². The van der Waals surface area contributed by atoms with Crippen LogP contribution < -0.4 is 0 Å². The van der Waals surface area contributed by atoms with Crippen molar-refractivity contribution in [3.63, 3.8) is 0 Å². The molecule has 1 nitrogen and oxygen atoms in total. The molecule has 2 fully saturated rings. The van der Waals surface area contributed by atoms with E-state index in [1.54, 1.807) is 0 Å². The number of nitrogens with zero attached hydrogens (tertiary/aromatic N) is 1. The molecule has 0 aromatic carbocycles. The highest BCUT2D eigenvalue weighted by molar-refractivity contribution is 4.81. The van der Waals surface area contributed by atoms with E-state index >= 15 is 0 Å². The van der Waals surface area contributed by atoms with Crippen LogP contribution in [0, 0.1) is 11.8 Å². The summed E-state index contributed by atoms with van der Waals surface area (Å²) in [5.74, 6) is 1.74. The Balaban J connectivity index is 1.78. The first-order valence-corrected chi connectivity index (χ1v) is 6.08. The van der Waals surface area contributed by atoms with Crippen LogP contribution in [0.15, 0.2) is 0 Å². The van der Waals surface area contributed by atoms with E-state index in [1.165, 1.54) is 25.9 Å². The van der Waals surface area contributed by atoms with Crippen LogP contribution in [0.4, 0.5) is 4.39 Å². The molecule has 2 rings (SSSR count). The van der Waals surface area contributed by atoms with Gasteiger partial charge < -0.3 is 4.90 Å². The van der Waals surface area contributed by atoms with Crippen LogP contribution in [0.2, 0.25) is 0 Å². The third kappa shape index (κ3) is 2.47. The molecule has 1 aliphatic carbocycles. The molecule has 1 aliphatic heterocycles. The maximum atomic E-state index is 13.0. The zero-order chi connectivity index (χ0) is 9.97. The van der Waals surface area contributed by atoms with Gasteiger partial charge in [-0.3, -0.25) is 0 Å². The van der Waals surface area contributed by atoms with Crippen LogP contribution >= 0.6 is 0 Å². The topological polar surface area (TPSA) is 3.24 Å². The second-order valence-corrected chi connectivity index (χ2v) is 5.15. The Labute approximate surface area is 86.7 Å². The van der Waals surface area contributed by atoms with E-state index in [1.807, 2.05) is 0 Å². The third-order valence-corrected chi connectivity index (χ3v) is 4.13. The Morgan fingerprint density at radius 3 is 1.93 bits per heavy atom. The first-order valence-electron chi connectivity index (χ1n) is 6.08. The molecule has 1 saturated heterocycles. The third-order valence-electron chi connectivity index (χ3n) is 4.13. The van der Waals surface area contributed by atoms with Gasteiger partial charge in [-0.25, -0.2) is 4.39 Å². The van der Waals surface area contributed by atoms with Crippen molar-refractivity contribution >= 4 is 0 Å². The molecule has 0 aromatic rings. The Morgan fingerprint density at radius 1 is 0.857 bits per heavy atom. The van der Waals surface area contributed by atoms with Gasteiger partial charge in [-0.1, -0.05) is 0 Å². The highest BCUT2D eigenvalue weighted by Gasteiger charge is 2.29. The van der Waals surface area contributed by atoms with Gasteiger partial charge in [0.1, 0.15) is 6.17 Å². The van der Waals surface area contributed by atoms with Crippen molar-refractivity contribution in [1.82, 2.24) is 4.90 Å². The Hall–Kier alpha value is -0.110. The van der Waals surface area contributed by atoms with E-state index in [9.17, 15) is 4.39 Å². The first-order chi connectivity index (χ1) is 6.75. The number of alkyl halides is 1. The van der Waals surface area contributed by atoms with Crippen LogP contribution in [0.1, 0.15) is 38.5 Å². The van der Waals surface area contributed by atoms with Crippen LogP contribution in [0.3, 0.4) is 0 Å². The minimum Gasteiger partial charge on any atom is -0.306 e. The van der Waals surface area contributed by atoms with Gasteiger partial charge in [-0.2, -0.15) is 0 Å². The van der Waals surface area contributed by atoms with E-state index in [2.05, 4.69) is 11.9 Å². The van der Waals surface area contributed by atoms with Crippen molar-refractivity contribution in [3.8, 4) is 0 Å². The average Bonchev–Trinajstić information content (AvgIpc) is 2.21. The van der Waals surface area contributed by atoms with Gasteiger partial charge in [0.25, 0.3) is 0 Å². The molecule has 2 heteroatoms. The lowest BCUT2D eigenvalue weighted by atomic mass is 9.75. The molecule has 0 amide bonds. The minimum atomic E-state index is -0.488. The summed E-state index contributed by atoms with van der Waals surface area (Å²) in [5, 5.41) is 0. The fraction of sp³-hybridized carbons (Fsp3) is 1.00. The minimum absolute atomic E-state index is 0.488. The summed E-state index contributed by atoms with van der Waals surface area (Å²) in [4.78, 5) is 2.41. The fourth-order valence-corrected chi connectivity index (χ4v) is 3.05. The highest BCUT2D eigenvalue weighted by atomic mass is 19.1. The molecule has 0 unspecified atom stereocenters. The summed E-state index contributed by atoms with van der Waals surface area (Å²) in [6.45, 7) is 2.50. The number of piperidine rings is 1. The molecule has 14 heavy (non-hydrogen) atoms. The SMILES string of the molecule is CN1CCC(C2CCC(F)CC2)CC1. The van der Waals surface area contributed by atoms with Crippen molar-refractivity contribution in [2.75, 3.05) is 20.1 Å². The van der Waals surface area contributed by atoms with E-state index in [4.69, 9.17) is 0 Å². The molecular formula is C12H22FN. The Morgan fingerprint density at radius 2 is 1.36 bits per heavy atom. The number of halogens is 1. The Bertz CT molecular complexity index is 147. The maximum absolute atomic E-state index is 13.0. The molecule has 0 aromatic heterocycles. The lowest BCUT2D eigenvalue weighted by Crippen LogP contribution is -2.34. The van der Waals surface area contributed by atoms with Gasteiger partial charge >= 0.3 is 0 Å². The molecule has 0 radical (unpaired) electrons. The molecule has 0 N–H and O–H groups in total. The molecular weight excluding hydrogens is 177 g/mol. The van der Waals surface area contributed by atoms with E-state index in [0.29, 0.717) is 0 Å². The largest absolute Gasteiger partial charge is 0.306 e. The molecule has 2 aliphatic rings. The molecule has 1 saturated carbocycles. The zero-order valence-electron chi connectivity index (χ0n) is 9.21. The van der Waals surface area contributed by atoms with Gasteiger partial charge in [0.15, 0.2) is 0 Å². The van der Waals surface area contributed by atoms with Gasteiger partial charge in [0.2, 0.25) is 0 Å². The maximum Gasteiger partial charge on any atom is 0.100 e. The highest BCUT2D eigenvalue weighted by Crippen LogP contribution is 2.36. The normalized spacial score (nSPS) is 37.3. The van der Waals surface area contributed by atoms with Crippen LogP contribution in [0.25, 0.3) is 0 Å². The van der Waals surface area contributed by atoms with Crippen molar-refractivity contribution < 1.29 is 4.39 Å². The predicted octanol–water partition coefficient (Wildman–Crippen LogP) is 2.86. The lowest BCUT2D eigenvalue weighted by Gasteiger charge is -2.36. The number of hydrogen-bond acceptors (Lipinski definition) is 1. The van der Waals surface area contributed by atoms with Crippen molar-refractivity contribution in [2.24, 2.45) is 11.8 Å². The number of hydrogen-bond donors (Lipinski definition) is 0. The van der Waals surface area contributed by atoms with Gasteiger partial charge in [-0.15, -0.1) is 0 Å². The fourth-order valence-electron chi connectivity index (χ4n) is 3.05. The number of rotatable bonds is 1. The molecule has 1 heterocycles. The van der Waals surface area contributed by atoms with Crippen molar-refractivity contribution in [3.05, 3.63) is 0 Å². The Kier molecular flexibility index (Phi) is 3.42. The molecule has 0 spiro atoms. The van der Waals surface area contributed by atoms with Crippen molar-refractivity contribution in [2.45, 2.75) is 44.7 Å². The summed E-state index contributed by atoms with van der Waals surface area (Å²) in [5.41, 5.74) is 0. The van der Waals surface area contributed by atoms with Crippen molar-refractivity contribution in [1.29, 1.82) is 0 Å². The standard InChI is InChI=1S/C12H22FN/c1-14-8-6-11(7-9-14)10-2-4-12(13)5-3-10/h10-12H,2-9H2,1H3. The summed E-state index contributed by atoms with van der Waals surface area (Å²) >= 11 is 0. The monoisotopic (exact) mass is 199 g/mol. The van der Waals surface area contributed by atoms with E-state index < -0.39 is 6.17 Å². The zero-order valence-corrected chi connectivity index (χ0v) is 9.21. The summed E-state index contributed by atoms with van der Waals surface area (Å²) in [7, 11) is 2.20. The quantitative estimate of drug-likeness (QED) is 0.627. The summed E-state index contributed by atoms with van der Waals surface area (Å²) < 4.78 is 13.0. The average molecular weight is 199 g/mol. The summed E-state index contributed by atoms with van der Waals surface area (Å²) in [6.07, 6.45) is 6.16. The van der Waals surface area contributed by atoms with Gasteiger partial charge in [0, 0.05) is 0 Å². The molecule has 82 valence electrons. The molecule has 0 atom stereocenters. The van der Waals surface area contributed by atoms with Crippen LogP contribution in [0.5, 0.6) is 0 Å². The van der Waals surface area contributed by atoms with Gasteiger partial charge in [-0.05, 0) is 70.5 Å². The second-order valence-electron chi connectivity index (χ2n) is 5.15. The molecule has 0 bridgehead atoms. The van der Waals surface area contributed by atoms with Gasteiger partial charge in [0.05, 0.1) is 0 Å². The number of likely N-dealkylation sites (tertiary alicyclic amines) is 1.